The van der Waals surface area contributed by atoms with E-state index >= 15 is 0 Å². The van der Waals surface area contributed by atoms with Crippen LogP contribution < -0.4 is 0 Å². The second-order valence-electron chi connectivity index (χ2n) is 7.24. The van der Waals surface area contributed by atoms with Crippen LogP contribution >= 0.6 is 0 Å². The average molecular weight is 428 g/mol. The maximum atomic E-state index is 10.2. The van der Waals surface area contributed by atoms with Crippen molar-refractivity contribution in [1.29, 1.82) is 0 Å². The summed E-state index contributed by atoms with van der Waals surface area (Å²) in [7, 11) is 0. The molecule has 0 saturated carbocycles. The Balaban J connectivity index is 1.52. The molecule has 1 aromatic carbocycles. The van der Waals surface area contributed by atoms with Gasteiger partial charge in [0.2, 0.25) is 0 Å². The molecule has 6 N–H and O–H groups in total. The number of aliphatic hydroxyl groups excluding tert-OH is 6. The quantitative estimate of drug-likeness (QED) is 0.286. The lowest BCUT2D eigenvalue weighted by atomic mass is 9.99. The summed E-state index contributed by atoms with van der Waals surface area (Å²) in [6, 6.07) is 9.50. The van der Waals surface area contributed by atoms with Crippen LogP contribution in [0.3, 0.4) is 0 Å². The fraction of sp³-hybridized carbons (Fsp3) is 0.600. The molecular weight excluding hydrogens is 400 g/mol. The highest BCUT2D eigenvalue weighted by Crippen LogP contribution is 2.24. The van der Waals surface area contributed by atoms with Gasteiger partial charge in [0.05, 0.1) is 19.8 Å². The number of ether oxygens (including phenoxy) is 4. The molecule has 2 aliphatic rings. The molecule has 2 saturated heterocycles. The van der Waals surface area contributed by atoms with E-state index in [-0.39, 0.29) is 19.8 Å². The molecule has 10 nitrogen and oxygen atoms in total. The summed E-state index contributed by atoms with van der Waals surface area (Å²) < 4.78 is 21.5. The zero-order valence-electron chi connectivity index (χ0n) is 16.2. The zero-order valence-corrected chi connectivity index (χ0v) is 16.2. The van der Waals surface area contributed by atoms with Gasteiger partial charge in [-0.05, 0) is 5.56 Å². The topological polar surface area (TPSA) is 158 Å². The second kappa shape index (κ2) is 10.7. The Morgan fingerprint density at radius 3 is 2.27 bits per heavy atom. The lowest BCUT2D eigenvalue weighted by Gasteiger charge is -2.41. The molecule has 30 heavy (non-hydrogen) atoms. The van der Waals surface area contributed by atoms with Gasteiger partial charge in [-0.15, -0.1) is 0 Å². The molecule has 0 bridgehead atoms. The van der Waals surface area contributed by atoms with Crippen molar-refractivity contribution in [2.24, 2.45) is 0 Å². The van der Waals surface area contributed by atoms with Crippen molar-refractivity contribution in [1.82, 2.24) is 0 Å². The minimum Gasteiger partial charge on any atom is -0.388 e. The Bertz CT molecular complexity index is 671. The fourth-order valence-electron chi connectivity index (χ4n) is 3.21. The van der Waals surface area contributed by atoms with Crippen molar-refractivity contribution in [2.45, 2.75) is 55.3 Å². The molecule has 8 unspecified atom stereocenters. The van der Waals surface area contributed by atoms with Gasteiger partial charge in [0.15, 0.2) is 12.6 Å². The second-order valence-corrected chi connectivity index (χ2v) is 7.24. The summed E-state index contributed by atoms with van der Waals surface area (Å²) in [6.07, 6.45) is -8.71. The minimum absolute atomic E-state index is 0.0849. The lowest BCUT2D eigenvalue weighted by molar-refractivity contribution is -0.319. The van der Waals surface area contributed by atoms with Crippen LogP contribution in [0.2, 0.25) is 0 Å². The molecule has 0 spiro atoms. The summed E-state index contributed by atoms with van der Waals surface area (Å²) in [5.41, 5.74) is 0.964. The predicted molar refractivity (Wildman–Crippen MR) is 102 cm³/mol. The highest BCUT2D eigenvalue weighted by Gasteiger charge is 2.45. The Hall–Kier alpha value is -1.44. The summed E-state index contributed by atoms with van der Waals surface area (Å²) in [4.78, 5) is 0. The molecule has 1 aromatic rings. The first-order chi connectivity index (χ1) is 14.4. The molecule has 2 fully saturated rings. The molecule has 0 aromatic heterocycles. The highest BCUT2D eigenvalue weighted by molar-refractivity contribution is 5.48. The first kappa shape index (κ1) is 23.2. The Kier molecular flexibility index (Phi) is 8.31. The largest absolute Gasteiger partial charge is 0.388 e. The summed E-state index contributed by atoms with van der Waals surface area (Å²) >= 11 is 0. The molecule has 168 valence electrons. The third-order valence-electron chi connectivity index (χ3n) is 5.01. The van der Waals surface area contributed by atoms with Gasteiger partial charge < -0.3 is 49.6 Å². The number of benzene rings is 1. The molecule has 9 atom stereocenters. The third kappa shape index (κ3) is 5.62. The summed E-state index contributed by atoms with van der Waals surface area (Å²) in [5.74, 6) is 0. The normalized spacial score (nSPS) is 40.0. The molecule has 0 radical (unpaired) electrons. The first-order valence-electron chi connectivity index (χ1n) is 9.68. The third-order valence-corrected chi connectivity index (χ3v) is 5.01. The van der Waals surface area contributed by atoms with Crippen molar-refractivity contribution >= 4 is 6.08 Å². The Morgan fingerprint density at radius 2 is 1.53 bits per heavy atom. The molecule has 3 rings (SSSR count). The smallest absolute Gasteiger partial charge is 0.187 e. The monoisotopic (exact) mass is 428 g/mol. The molecule has 10 heteroatoms. The van der Waals surface area contributed by atoms with E-state index in [9.17, 15) is 30.6 Å². The van der Waals surface area contributed by atoms with E-state index in [2.05, 4.69) is 0 Å². The number of rotatable bonds is 7. The van der Waals surface area contributed by atoms with Crippen LogP contribution in [0, 0.1) is 0 Å². The van der Waals surface area contributed by atoms with Gasteiger partial charge in [0, 0.05) is 0 Å². The zero-order chi connectivity index (χ0) is 21.7. The SMILES string of the molecule is OC1COC(OCC2OC(OC/C=C/c3ccccc3)C(O)C(O)[C@H]2O)C(O)C1O. The van der Waals surface area contributed by atoms with E-state index < -0.39 is 55.3 Å². The lowest BCUT2D eigenvalue weighted by Crippen LogP contribution is -2.60. The van der Waals surface area contributed by atoms with Crippen molar-refractivity contribution < 1.29 is 49.6 Å². The van der Waals surface area contributed by atoms with Crippen LogP contribution in [0.25, 0.3) is 6.08 Å². The van der Waals surface area contributed by atoms with Gasteiger partial charge in [0.1, 0.15) is 42.7 Å². The summed E-state index contributed by atoms with van der Waals surface area (Å²) in [6.45, 7) is -0.478. The molecule has 0 aliphatic carbocycles. The minimum atomic E-state index is -1.54. The summed E-state index contributed by atoms with van der Waals surface area (Å²) in [5, 5.41) is 59.4. The van der Waals surface area contributed by atoms with Gasteiger partial charge >= 0.3 is 0 Å². The van der Waals surface area contributed by atoms with Gasteiger partial charge in [-0.3, -0.25) is 0 Å². The number of hydrogen-bond donors (Lipinski definition) is 6. The van der Waals surface area contributed by atoms with E-state index in [0.29, 0.717) is 0 Å². The van der Waals surface area contributed by atoms with Crippen molar-refractivity contribution in [3.8, 4) is 0 Å². The number of aliphatic hydroxyl groups is 6. The van der Waals surface area contributed by atoms with Gasteiger partial charge in [-0.1, -0.05) is 42.5 Å². The predicted octanol–water partition coefficient (Wildman–Crippen LogP) is -2.02. The molecule has 2 heterocycles. The Labute approximate surface area is 173 Å². The molecule has 0 amide bonds. The Morgan fingerprint density at radius 1 is 0.833 bits per heavy atom. The maximum absolute atomic E-state index is 10.2. The molecular formula is C20H28O10. The van der Waals surface area contributed by atoms with Gasteiger partial charge in [-0.2, -0.15) is 0 Å². The van der Waals surface area contributed by atoms with Crippen LogP contribution in [-0.4, -0.2) is 106 Å². The first-order valence-corrected chi connectivity index (χ1v) is 9.68. The van der Waals surface area contributed by atoms with Gasteiger partial charge in [0.25, 0.3) is 0 Å². The van der Waals surface area contributed by atoms with Crippen LogP contribution in [0.15, 0.2) is 36.4 Å². The van der Waals surface area contributed by atoms with Crippen molar-refractivity contribution in [3.05, 3.63) is 42.0 Å². The molecule has 2 aliphatic heterocycles. The van der Waals surface area contributed by atoms with E-state index in [4.69, 9.17) is 18.9 Å². The van der Waals surface area contributed by atoms with Crippen molar-refractivity contribution in [2.75, 3.05) is 19.8 Å². The van der Waals surface area contributed by atoms with Gasteiger partial charge in [-0.25, -0.2) is 0 Å². The van der Waals surface area contributed by atoms with Crippen LogP contribution in [-0.2, 0) is 18.9 Å². The van der Waals surface area contributed by atoms with E-state index in [1.54, 1.807) is 6.08 Å². The van der Waals surface area contributed by atoms with E-state index in [1.807, 2.05) is 36.4 Å². The van der Waals surface area contributed by atoms with E-state index in [0.717, 1.165) is 5.56 Å². The van der Waals surface area contributed by atoms with Crippen LogP contribution in [0.5, 0.6) is 0 Å². The van der Waals surface area contributed by atoms with Crippen LogP contribution in [0.4, 0.5) is 0 Å². The van der Waals surface area contributed by atoms with E-state index in [1.165, 1.54) is 0 Å². The standard InChI is InChI=1S/C20H28O10/c21-12-9-28-19(17(25)14(12)22)29-10-13-15(23)16(24)18(26)20(30-13)27-8-4-7-11-5-2-1-3-6-11/h1-7,12-26H,8-10H2/b7-4+/t12?,13?,14?,15-,16?,17?,18?,19?,20?/m0/s1. The fourth-order valence-corrected chi connectivity index (χ4v) is 3.21. The van der Waals surface area contributed by atoms with Crippen LogP contribution in [0.1, 0.15) is 5.56 Å². The highest BCUT2D eigenvalue weighted by atomic mass is 16.7. The average Bonchev–Trinajstić information content (AvgIpc) is 2.76. The maximum Gasteiger partial charge on any atom is 0.187 e. The van der Waals surface area contributed by atoms with Crippen molar-refractivity contribution in [3.63, 3.8) is 0 Å². The number of hydrogen-bond acceptors (Lipinski definition) is 10.